The summed E-state index contributed by atoms with van der Waals surface area (Å²) in [7, 11) is 3.43. The van der Waals surface area contributed by atoms with Gasteiger partial charge in [-0.15, -0.1) is 0 Å². The van der Waals surface area contributed by atoms with Crippen molar-refractivity contribution >= 4 is 11.6 Å². The maximum absolute atomic E-state index is 11.9. The van der Waals surface area contributed by atoms with E-state index in [1.165, 1.54) is 0 Å². The van der Waals surface area contributed by atoms with Crippen molar-refractivity contribution in [3.8, 4) is 11.5 Å². The van der Waals surface area contributed by atoms with Crippen LogP contribution in [0.25, 0.3) is 0 Å². The fraction of sp³-hybridized carbons (Fsp3) is 0.286. The average molecular weight is 312 g/mol. The number of anilines is 1. The number of amides is 1. The average Bonchev–Trinajstić information content (AvgIpc) is 2.78. The first-order chi connectivity index (χ1) is 9.49. The highest BCUT2D eigenvalue weighted by atomic mass is 35.5. The van der Waals surface area contributed by atoms with E-state index >= 15 is 0 Å². The van der Waals surface area contributed by atoms with Gasteiger partial charge in [-0.2, -0.15) is 0 Å². The van der Waals surface area contributed by atoms with E-state index in [0.717, 1.165) is 5.56 Å². The van der Waals surface area contributed by atoms with Crippen LogP contribution in [0.15, 0.2) is 30.9 Å². The van der Waals surface area contributed by atoms with Gasteiger partial charge in [-0.25, -0.2) is 9.13 Å². The molecule has 0 bridgehead atoms. The third-order valence-electron chi connectivity index (χ3n) is 2.94. The fourth-order valence-corrected chi connectivity index (χ4v) is 1.94. The number of phenolic OH excluding ortho intramolecular Hbond substituents is 1. The lowest BCUT2D eigenvalue weighted by Crippen LogP contribution is -3.00. The standard InChI is InChI=1S/C14H17N3O3.ClH/c1-10-6-12(18)11(7-13(10)20-3)15-14(19)8-17-5-4-16(2)9-17;/h4-7,9H,8H2,1-3H3,(H-,15,18,19);1H. The van der Waals surface area contributed by atoms with Crippen molar-refractivity contribution in [2.75, 3.05) is 12.4 Å². The van der Waals surface area contributed by atoms with Crippen molar-refractivity contribution in [1.82, 2.24) is 4.57 Å². The summed E-state index contributed by atoms with van der Waals surface area (Å²) < 4.78 is 8.77. The number of benzene rings is 1. The number of methoxy groups -OCH3 is 1. The van der Waals surface area contributed by atoms with E-state index in [-0.39, 0.29) is 30.6 Å². The molecule has 0 aliphatic carbocycles. The number of imidazole rings is 1. The van der Waals surface area contributed by atoms with Crippen LogP contribution in [0.2, 0.25) is 0 Å². The Bertz CT molecular complexity index is 640. The molecule has 1 heterocycles. The highest BCUT2D eigenvalue weighted by Crippen LogP contribution is 2.31. The van der Waals surface area contributed by atoms with Crippen LogP contribution in [0.4, 0.5) is 5.69 Å². The second kappa shape index (κ2) is 6.99. The zero-order valence-electron chi connectivity index (χ0n) is 12.1. The number of hydrogen-bond donors (Lipinski definition) is 2. The first-order valence-electron chi connectivity index (χ1n) is 6.18. The molecule has 21 heavy (non-hydrogen) atoms. The monoisotopic (exact) mass is 311 g/mol. The summed E-state index contributed by atoms with van der Waals surface area (Å²) >= 11 is 0. The maximum Gasteiger partial charge on any atom is 0.266 e. The number of hydrogen-bond acceptors (Lipinski definition) is 3. The minimum atomic E-state index is -0.220. The van der Waals surface area contributed by atoms with Crippen LogP contribution in [0.3, 0.4) is 0 Å². The molecule has 0 saturated heterocycles. The van der Waals surface area contributed by atoms with Crippen LogP contribution in [-0.2, 0) is 18.4 Å². The summed E-state index contributed by atoms with van der Waals surface area (Å²) in [5, 5.41) is 12.5. The van der Waals surface area contributed by atoms with Crippen LogP contribution >= 0.6 is 0 Å². The molecule has 0 unspecified atom stereocenters. The Hall–Kier alpha value is -2.21. The molecule has 1 aromatic heterocycles. The lowest BCUT2D eigenvalue weighted by Gasteiger charge is -2.10. The SMILES string of the molecule is COc1cc(NC(=O)Cn2cc[n+](C)c2)c(O)cc1C.[Cl-]. The molecule has 2 aromatic rings. The molecule has 0 radical (unpaired) electrons. The zero-order valence-corrected chi connectivity index (χ0v) is 12.9. The van der Waals surface area contributed by atoms with Crippen LogP contribution in [0.5, 0.6) is 11.5 Å². The van der Waals surface area contributed by atoms with E-state index in [4.69, 9.17) is 4.74 Å². The van der Waals surface area contributed by atoms with Crippen molar-refractivity contribution in [3.63, 3.8) is 0 Å². The molecule has 0 saturated carbocycles. The number of ether oxygens (including phenoxy) is 1. The molecule has 0 spiro atoms. The van der Waals surface area contributed by atoms with E-state index in [2.05, 4.69) is 5.32 Å². The summed E-state index contributed by atoms with van der Waals surface area (Å²) in [6.07, 6.45) is 5.45. The number of phenols is 1. The van der Waals surface area contributed by atoms with Crippen molar-refractivity contribution in [2.45, 2.75) is 13.5 Å². The zero-order chi connectivity index (χ0) is 14.7. The Morgan fingerprint density at radius 3 is 2.76 bits per heavy atom. The van der Waals surface area contributed by atoms with E-state index < -0.39 is 0 Å². The third-order valence-corrected chi connectivity index (χ3v) is 2.94. The second-order valence-electron chi connectivity index (χ2n) is 4.64. The molecule has 6 nitrogen and oxygen atoms in total. The summed E-state index contributed by atoms with van der Waals surface area (Å²) in [4.78, 5) is 11.9. The molecule has 2 rings (SSSR count). The second-order valence-corrected chi connectivity index (χ2v) is 4.64. The third kappa shape index (κ3) is 4.13. The molecule has 114 valence electrons. The molecular formula is C14H18ClN3O3. The maximum atomic E-state index is 11.9. The van der Waals surface area contributed by atoms with Crippen molar-refractivity contribution in [2.24, 2.45) is 7.05 Å². The summed E-state index contributed by atoms with van der Waals surface area (Å²) in [5.41, 5.74) is 1.15. The van der Waals surface area contributed by atoms with Crippen molar-refractivity contribution in [1.29, 1.82) is 0 Å². The number of nitrogens with one attached hydrogen (secondary N) is 1. The molecule has 0 aliphatic rings. The van der Waals surface area contributed by atoms with Crippen molar-refractivity contribution in [3.05, 3.63) is 36.4 Å². The number of aromatic nitrogens is 2. The summed E-state index contributed by atoms with van der Waals surface area (Å²) in [5.74, 6) is 0.419. The number of carbonyl (C=O) groups excluding carboxylic acids is 1. The van der Waals surface area contributed by atoms with Gasteiger partial charge in [0, 0.05) is 6.07 Å². The molecule has 7 heteroatoms. The highest BCUT2D eigenvalue weighted by molar-refractivity contribution is 5.92. The van der Waals surface area contributed by atoms with Crippen LogP contribution in [0.1, 0.15) is 5.56 Å². The van der Waals surface area contributed by atoms with E-state index in [0.29, 0.717) is 11.4 Å². The van der Waals surface area contributed by atoms with Gasteiger partial charge in [0.15, 0.2) is 6.54 Å². The summed E-state index contributed by atoms with van der Waals surface area (Å²) in [6, 6.07) is 3.17. The van der Waals surface area contributed by atoms with E-state index in [1.54, 1.807) is 36.3 Å². The largest absolute Gasteiger partial charge is 1.00 e. The smallest absolute Gasteiger partial charge is 0.266 e. The predicted molar refractivity (Wildman–Crippen MR) is 73.6 cm³/mol. The Morgan fingerprint density at radius 2 is 2.19 bits per heavy atom. The van der Waals surface area contributed by atoms with Crippen LogP contribution in [0, 0.1) is 6.92 Å². The van der Waals surface area contributed by atoms with Crippen LogP contribution < -0.4 is 27.0 Å². The Labute approximate surface area is 129 Å². The quantitative estimate of drug-likeness (QED) is 0.506. The Balaban J connectivity index is 0.00000220. The molecule has 0 atom stereocenters. The fourth-order valence-electron chi connectivity index (χ4n) is 1.94. The molecule has 2 N–H and O–H groups in total. The minimum absolute atomic E-state index is 0. The van der Waals surface area contributed by atoms with Gasteiger partial charge < -0.3 is 27.6 Å². The lowest BCUT2D eigenvalue weighted by atomic mass is 10.2. The number of aromatic hydroxyl groups is 1. The minimum Gasteiger partial charge on any atom is -1.00 e. The normalized spacial score (nSPS) is 9.86. The number of rotatable bonds is 4. The van der Waals surface area contributed by atoms with E-state index in [1.807, 2.05) is 24.7 Å². The Morgan fingerprint density at radius 1 is 1.48 bits per heavy atom. The number of nitrogens with zero attached hydrogens (tertiary/aromatic N) is 2. The molecule has 0 aliphatic heterocycles. The van der Waals surface area contributed by atoms with Gasteiger partial charge in [0.2, 0.25) is 6.33 Å². The van der Waals surface area contributed by atoms with Gasteiger partial charge in [-0.1, -0.05) is 0 Å². The van der Waals surface area contributed by atoms with Gasteiger partial charge >= 0.3 is 0 Å². The van der Waals surface area contributed by atoms with Gasteiger partial charge in [-0.3, -0.25) is 4.79 Å². The number of halogens is 1. The van der Waals surface area contributed by atoms with Gasteiger partial charge in [0.05, 0.1) is 19.8 Å². The number of carbonyl (C=O) groups is 1. The van der Waals surface area contributed by atoms with Crippen LogP contribution in [-0.4, -0.2) is 22.7 Å². The Kier molecular flexibility index (Phi) is 5.60. The van der Waals surface area contributed by atoms with Gasteiger partial charge in [0.1, 0.15) is 23.9 Å². The molecular weight excluding hydrogens is 294 g/mol. The topological polar surface area (TPSA) is 67.4 Å². The van der Waals surface area contributed by atoms with Gasteiger partial charge in [0.25, 0.3) is 5.91 Å². The molecule has 0 fully saturated rings. The summed E-state index contributed by atoms with van der Waals surface area (Å²) in [6.45, 7) is 2.00. The lowest BCUT2D eigenvalue weighted by molar-refractivity contribution is -0.671. The number of aryl methyl sites for hydroxylation is 2. The molecule has 1 amide bonds. The first kappa shape index (κ1) is 16.8. The van der Waals surface area contributed by atoms with E-state index in [9.17, 15) is 9.90 Å². The van der Waals surface area contributed by atoms with Gasteiger partial charge in [-0.05, 0) is 18.6 Å². The first-order valence-corrected chi connectivity index (χ1v) is 6.18. The molecule has 1 aromatic carbocycles. The predicted octanol–water partition coefficient (Wildman–Crippen LogP) is -2.02. The highest BCUT2D eigenvalue weighted by Gasteiger charge is 2.12. The van der Waals surface area contributed by atoms with Crippen molar-refractivity contribution < 1.29 is 31.6 Å².